The fourth-order valence-electron chi connectivity index (χ4n) is 9.02. The van der Waals surface area contributed by atoms with Crippen molar-refractivity contribution in [3.63, 3.8) is 0 Å². The number of hydrogen-bond acceptors (Lipinski definition) is 2. The maximum absolute atomic E-state index is 4.85. The third-order valence-corrected chi connectivity index (χ3v) is 11.7. The Kier molecular flexibility index (Phi) is 8.08. The highest BCUT2D eigenvalue weighted by Crippen LogP contribution is 2.47. The lowest BCUT2D eigenvalue weighted by Crippen LogP contribution is -2.28. The maximum Gasteiger partial charge on any atom is 0.0494 e. The van der Waals surface area contributed by atoms with Gasteiger partial charge in [0.1, 0.15) is 0 Å². The number of benzene rings is 9. The molecule has 0 saturated heterocycles. The third-order valence-electron chi connectivity index (χ3n) is 11.7. The topological polar surface area (TPSA) is 6.48 Å². The number of anilines is 5. The molecule has 0 spiro atoms. The summed E-state index contributed by atoms with van der Waals surface area (Å²) < 4.78 is 0. The molecular formula is C54H42N2. The van der Waals surface area contributed by atoms with E-state index < -0.39 is 0 Å². The van der Waals surface area contributed by atoms with Gasteiger partial charge in [0, 0.05) is 39.7 Å². The van der Waals surface area contributed by atoms with Crippen LogP contribution in [-0.2, 0) is 11.8 Å². The van der Waals surface area contributed by atoms with Crippen LogP contribution in [0, 0.1) is 0 Å². The van der Waals surface area contributed by atoms with Gasteiger partial charge in [-0.25, -0.2) is 0 Å². The van der Waals surface area contributed by atoms with Crippen LogP contribution in [0.2, 0.25) is 0 Å². The van der Waals surface area contributed by atoms with E-state index in [-0.39, 0.29) is 5.41 Å². The summed E-state index contributed by atoms with van der Waals surface area (Å²) in [7, 11) is 0. The lowest BCUT2D eigenvalue weighted by atomic mass is 9.74. The van der Waals surface area contributed by atoms with Gasteiger partial charge < -0.3 is 9.80 Å². The molecule has 1 aliphatic rings. The van der Waals surface area contributed by atoms with Crippen molar-refractivity contribution in [2.75, 3.05) is 9.80 Å². The Morgan fingerprint density at radius 1 is 0.464 bits per heavy atom. The number of hydrogen-bond donors (Lipinski definition) is 0. The highest BCUT2D eigenvalue weighted by molar-refractivity contribution is 6.25. The molecule has 0 bridgehead atoms. The summed E-state index contributed by atoms with van der Waals surface area (Å²) in [4.78, 5) is 4.71. The van der Waals surface area contributed by atoms with Crippen LogP contribution in [0.3, 0.4) is 0 Å². The Morgan fingerprint density at radius 2 is 0.964 bits per heavy atom. The quantitative estimate of drug-likeness (QED) is 0.164. The van der Waals surface area contributed by atoms with Crippen molar-refractivity contribution in [1.82, 2.24) is 0 Å². The van der Waals surface area contributed by atoms with E-state index in [2.05, 4.69) is 218 Å². The van der Waals surface area contributed by atoms with Crippen molar-refractivity contribution < 1.29 is 0 Å². The van der Waals surface area contributed by atoms with Crippen molar-refractivity contribution in [2.24, 2.45) is 0 Å². The van der Waals surface area contributed by atoms with E-state index in [9.17, 15) is 0 Å². The lowest BCUT2D eigenvalue weighted by molar-refractivity contribution is 0.520. The Balaban J connectivity index is 1.12. The Hall–Kier alpha value is -6.90. The fourth-order valence-corrected chi connectivity index (χ4v) is 9.02. The highest BCUT2D eigenvalue weighted by atomic mass is 15.2. The molecule has 0 aromatic heterocycles. The first-order valence-electron chi connectivity index (χ1n) is 19.5. The second-order valence-corrected chi connectivity index (χ2v) is 15.6. The molecule has 1 heterocycles. The molecule has 9 aromatic carbocycles. The molecule has 0 saturated carbocycles. The Labute approximate surface area is 329 Å². The number of nitrogens with zero attached hydrogens (tertiary/aromatic N) is 2. The van der Waals surface area contributed by atoms with Crippen LogP contribution in [0.25, 0.3) is 49.1 Å². The van der Waals surface area contributed by atoms with Gasteiger partial charge >= 0.3 is 0 Å². The SMILES string of the molecule is C=C1c2ccccc2C(C)(C)Cc2cc(-c3ccc(N(c4ccccc4)c4ccccc4)cc3)ccc2N1c1ccc2c3ccccc3c3ccccc3c2c1. The molecule has 0 amide bonds. The third kappa shape index (κ3) is 5.65. The van der Waals surface area contributed by atoms with Gasteiger partial charge in [-0.15, -0.1) is 0 Å². The van der Waals surface area contributed by atoms with Crippen LogP contribution in [0.4, 0.5) is 28.4 Å². The summed E-state index contributed by atoms with van der Waals surface area (Å²) in [6.07, 6.45) is 0.881. The van der Waals surface area contributed by atoms with Gasteiger partial charge in [-0.3, -0.25) is 0 Å². The first-order valence-corrected chi connectivity index (χ1v) is 19.5. The molecule has 9 aromatic rings. The van der Waals surface area contributed by atoms with E-state index in [0.29, 0.717) is 0 Å². The van der Waals surface area contributed by atoms with Crippen molar-refractivity contribution >= 4 is 66.5 Å². The molecule has 0 fully saturated rings. The monoisotopic (exact) mass is 718 g/mol. The van der Waals surface area contributed by atoms with Crippen molar-refractivity contribution in [2.45, 2.75) is 25.7 Å². The molecule has 2 heteroatoms. The van der Waals surface area contributed by atoms with E-state index in [1.165, 1.54) is 65.8 Å². The average Bonchev–Trinajstić information content (AvgIpc) is 3.25. The Bertz CT molecular complexity index is 2850. The van der Waals surface area contributed by atoms with Crippen molar-refractivity contribution in [1.29, 1.82) is 0 Å². The first kappa shape index (κ1) is 33.7. The first-order chi connectivity index (χ1) is 27.4. The zero-order valence-corrected chi connectivity index (χ0v) is 31.8. The minimum Gasteiger partial charge on any atom is -0.311 e. The predicted molar refractivity (Wildman–Crippen MR) is 240 cm³/mol. The zero-order chi connectivity index (χ0) is 37.8. The average molecular weight is 719 g/mol. The van der Waals surface area contributed by atoms with Crippen LogP contribution in [0.15, 0.2) is 201 Å². The lowest BCUT2D eigenvalue weighted by Gasteiger charge is -2.38. The molecule has 0 unspecified atom stereocenters. The van der Waals surface area contributed by atoms with Gasteiger partial charge in [0.15, 0.2) is 0 Å². The van der Waals surface area contributed by atoms with Crippen molar-refractivity contribution in [3.8, 4) is 11.1 Å². The van der Waals surface area contributed by atoms with E-state index in [1.807, 2.05) is 0 Å². The standard InChI is InChI=1S/C54H42N2/c1-37-45-20-14-15-25-52(45)54(2,3)36-40-34-39(38-26-29-43(30-27-38)56(41-16-6-4-7-17-41)42-18-8-5-9-19-42)28-33-53(40)55(37)44-31-32-50-48-23-11-10-21-46(48)47-22-12-13-24-49(47)51(50)35-44/h4-35H,1,36H2,2-3H3. The maximum atomic E-state index is 4.85. The molecule has 10 rings (SSSR count). The summed E-state index contributed by atoms with van der Waals surface area (Å²) in [6.45, 7) is 9.59. The summed E-state index contributed by atoms with van der Waals surface area (Å²) in [5, 5.41) is 7.61. The number of para-hydroxylation sites is 2. The van der Waals surface area contributed by atoms with Crippen LogP contribution < -0.4 is 9.80 Å². The van der Waals surface area contributed by atoms with Crippen LogP contribution in [0.5, 0.6) is 0 Å². The molecule has 0 N–H and O–H groups in total. The van der Waals surface area contributed by atoms with Gasteiger partial charge in [-0.2, -0.15) is 0 Å². The molecule has 0 radical (unpaired) electrons. The minimum absolute atomic E-state index is 0.118. The Morgan fingerprint density at radius 3 is 1.59 bits per heavy atom. The smallest absolute Gasteiger partial charge is 0.0494 e. The van der Waals surface area contributed by atoms with Gasteiger partial charge in [0.2, 0.25) is 0 Å². The summed E-state index contributed by atoms with van der Waals surface area (Å²) in [5.41, 5.74) is 12.7. The van der Waals surface area contributed by atoms with Crippen molar-refractivity contribution in [3.05, 3.63) is 217 Å². The summed E-state index contributed by atoms with van der Waals surface area (Å²) in [6, 6.07) is 70.6. The van der Waals surface area contributed by atoms with E-state index in [4.69, 9.17) is 6.58 Å². The van der Waals surface area contributed by atoms with Gasteiger partial charge in [-0.05, 0) is 127 Å². The predicted octanol–water partition coefficient (Wildman–Crippen LogP) is 14.9. The largest absolute Gasteiger partial charge is 0.311 e. The molecule has 1 aliphatic heterocycles. The molecule has 0 atom stereocenters. The molecule has 0 aliphatic carbocycles. The van der Waals surface area contributed by atoms with Gasteiger partial charge in [0.25, 0.3) is 0 Å². The van der Waals surface area contributed by atoms with Gasteiger partial charge in [-0.1, -0.05) is 154 Å². The highest BCUT2D eigenvalue weighted by Gasteiger charge is 2.32. The van der Waals surface area contributed by atoms with E-state index in [1.54, 1.807) is 0 Å². The van der Waals surface area contributed by atoms with Crippen LogP contribution >= 0.6 is 0 Å². The summed E-state index contributed by atoms with van der Waals surface area (Å²) in [5.74, 6) is 0. The second-order valence-electron chi connectivity index (χ2n) is 15.6. The molecule has 268 valence electrons. The minimum atomic E-state index is -0.118. The van der Waals surface area contributed by atoms with Gasteiger partial charge in [0.05, 0.1) is 0 Å². The zero-order valence-electron chi connectivity index (χ0n) is 31.8. The fraction of sp³-hybridized carbons (Fsp3) is 0.0741. The second kappa shape index (κ2) is 13.4. The summed E-state index contributed by atoms with van der Waals surface area (Å²) >= 11 is 0. The van der Waals surface area contributed by atoms with Crippen LogP contribution in [-0.4, -0.2) is 0 Å². The molecular weight excluding hydrogens is 677 g/mol. The van der Waals surface area contributed by atoms with E-state index >= 15 is 0 Å². The number of rotatable bonds is 5. The number of fused-ring (bicyclic) bond motifs is 8. The normalized spacial score (nSPS) is 13.6. The van der Waals surface area contributed by atoms with Crippen LogP contribution in [0.1, 0.15) is 30.5 Å². The molecule has 2 nitrogen and oxygen atoms in total. The van der Waals surface area contributed by atoms with E-state index in [0.717, 1.165) is 34.9 Å². The molecule has 56 heavy (non-hydrogen) atoms.